The Kier molecular flexibility index (Phi) is 5.48. The zero-order chi connectivity index (χ0) is 18.4. The fourth-order valence-electron chi connectivity index (χ4n) is 2.58. The fraction of sp³-hybridized carbons (Fsp3) is 0.211. The molecule has 0 unspecified atom stereocenters. The van der Waals surface area contributed by atoms with Crippen LogP contribution in [0.2, 0.25) is 0 Å². The number of para-hydroxylation sites is 2. The monoisotopic (exact) mass is 351 g/mol. The molecule has 1 aromatic carbocycles. The van der Waals surface area contributed by atoms with Gasteiger partial charge >= 0.3 is 6.03 Å². The van der Waals surface area contributed by atoms with Gasteiger partial charge in [-0.25, -0.2) is 4.79 Å². The first-order valence-electron chi connectivity index (χ1n) is 8.36. The lowest BCUT2D eigenvalue weighted by Gasteiger charge is -2.12. The lowest BCUT2D eigenvalue weighted by Crippen LogP contribution is -2.28. The lowest BCUT2D eigenvalue weighted by molar-refractivity contribution is 0.251. The highest BCUT2D eigenvalue weighted by atomic mass is 16.5. The number of aromatic nitrogens is 3. The van der Waals surface area contributed by atoms with Crippen molar-refractivity contribution in [1.29, 1.82) is 0 Å². The van der Waals surface area contributed by atoms with E-state index in [4.69, 9.17) is 4.74 Å². The van der Waals surface area contributed by atoms with E-state index < -0.39 is 0 Å². The Morgan fingerprint density at radius 2 is 2.08 bits per heavy atom. The molecule has 2 heterocycles. The van der Waals surface area contributed by atoms with Crippen molar-refractivity contribution < 1.29 is 9.53 Å². The molecule has 26 heavy (non-hydrogen) atoms. The first kappa shape index (κ1) is 17.5. The van der Waals surface area contributed by atoms with Gasteiger partial charge in [-0.1, -0.05) is 12.1 Å². The number of carbonyl (C=O) groups excluding carboxylic acids is 1. The number of hydrogen-bond acceptors (Lipinski definition) is 4. The molecule has 3 rings (SSSR count). The summed E-state index contributed by atoms with van der Waals surface area (Å²) in [7, 11) is 1.88. The molecule has 3 aromatic rings. The Balaban J connectivity index is 1.63. The van der Waals surface area contributed by atoms with Crippen LogP contribution in [-0.2, 0) is 13.6 Å². The molecule has 0 fully saturated rings. The van der Waals surface area contributed by atoms with Crippen molar-refractivity contribution in [3.63, 3.8) is 0 Å². The van der Waals surface area contributed by atoms with Crippen LogP contribution in [0, 0.1) is 0 Å². The molecule has 0 aliphatic carbocycles. The minimum Gasteiger partial charge on any atom is -0.492 e. The van der Waals surface area contributed by atoms with Gasteiger partial charge in [0.1, 0.15) is 5.75 Å². The summed E-state index contributed by atoms with van der Waals surface area (Å²) in [5.41, 5.74) is 3.45. The second-order valence-corrected chi connectivity index (χ2v) is 5.66. The molecule has 0 bridgehead atoms. The molecule has 134 valence electrons. The molecule has 7 heteroatoms. The molecule has 0 radical (unpaired) electrons. The van der Waals surface area contributed by atoms with Gasteiger partial charge in [-0.2, -0.15) is 5.10 Å². The number of amides is 2. The van der Waals surface area contributed by atoms with Crippen LogP contribution in [0.3, 0.4) is 0 Å². The van der Waals surface area contributed by atoms with Gasteiger partial charge in [-0.05, 0) is 36.8 Å². The summed E-state index contributed by atoms with van der Waals surface area (Å²) in [4.78, 5) is 16.4. The molecule has 0 saturated heterocycles. The lowest BCUT2D eigenvalue weighted by atomic mass is 10.1. The van der Waals surface area contributed by atoms with Crippen LogP contribution in [0.1, 0.15) is 12.5 Å². The van der Waals surface area contributed by atoms with Gasteiger partial charge in [0, 0.05) is 37.7 Å². The minimum absolute atomic E-state index is 0.303. The van der Waals surface area contributed by atoms with E-state index in [-0.39, 0.29) is 6.03 Å². The summed E-state index contributed by atoms with van der Waals surface area (Å²) in [6.07, 6.45) is 5.25. The van der Waals surface area contributed by atoms with Crippen LogP contribution >= 0.6 is 0 Å². The first-order valence-corrected chi connectivity index (χ1v) is 8.36. The third-order valence-electron chi connectivity index (χ3n) is 3.80. The smallest absolute Gasteiger partial charge is 0.319 e. The van der Waals surface area contributed by atoms with E-state index >= 15 is 0 Å². The van der Waals surface area contributed by atoms with Gasteiger partial charge in [-0.15, -0.1) is 0 Å². The Hall–Kier alpha value is -3.35. The first-order chi connectivity index (χ1) is 12.7. The van der Waals surface area contributed by atoms with Gasteiger partial charge in [0.05, 0.1) is 18.0 Å². The summed E-state index contributed by atoms with van der Waals surface area (Å²) < 4.78 is 7.29. The summed E-state index contributed by atoms with van der Waals surface area (Å²) in [5, 5.41) is 9.81. The highest BCUT2D eigenvalue weighted by Crippen LogP contribution is 2.23. The van der Waals surface area contributed by atoms with Gasteiger partial charge < -0.3 is 15.4 Å². The Morgan fingerprint density at radius 3 is 2.85 bits per heavy atom. The van der Waals surface area contributed by atoms with E-state index in [0.29, 0.717) is 24.6 Å². The van der Waals surface area contributed by atoms with Gasteiger partial charge in [0.25, 0.3) is 0 Å². The Labute approximate surface area is 152 Å². The molecule has 2 amide bonds. The standard InChI is InChI=1S/C19H21N5O2/c1-3-26-18-7-5-4-6-16(18)23-19(25)21-12-14-10-15(13-20-11-14)17-8-9-22-24(17)2/h4-11,13H,3,12H2,1-2H3,(H2,21,23,25). The van der Waals surface area contributed by atoms with Gasteiger partial charge in [0.15, 0.2) is 0 Å². The van der Waals surface area contributed by atoms with Crippen LogP contribution in [-0.4, -0.2) is 27.4 Å². The van der Waals surface area contributed by atoms with Crippen LogP contribution in [0.15, 0.2) is 55.0 Å². The number of nitrogens with one attached hydrogen (secondary N) is 2. The summed E-state index contributed by atoms with van der Waals surface area (Å²) in [5.74, 6) is 0.644. The number of ether oxygens (including phenoxy) is 1. The van der Waals surface area contributed by atoms with Crippen LogP contribution < -0.4 is 15.4 Å². The number of aryl methyl sites for hydroxylation is 1. The summed E-state index contributed by atoms with van der Waals surface area (Å²) in [6, 6.07) is 10.9. The molecule has 0 aliphatic rings. The summed E-state index contributed by atoms with van der Waals surface area (Å²) >= 11 is 0. The fourth-order valence-corrected chi connectivity index (χ4v) is 2.58. The van der Waals surface area contributed by atoms with E-state index in [0.717, 1.165) is 16.8 Å². The predicted octanol–water partition coefficient (Wildman–Crippen LogP) is 3.20. The van der Waals surface area contributed by atoms with Crippen LogP contribution in [0.5, 0.6) is 5.75 Å². The molecular weight excluding hydrogens is 330 g/mol. The molecule has 2 aromatic heterocycles. The second kappa shape index (κ2) is 8.15. The van der Waals surface area contributed by atoms with Crippen molar-refractivity contribution in [2.75, 3.05) is 11.9 Å². The van der Waals surface area contributed by atoms with Crippen LogP contribution in [0.25, 0.3) is 11.3 Å². The number of nitrogens with zero attached hydrogens (tertiary/aromatic N) is 3. The molecule has 0 atom stereocenters. The Morgan fingerprint density at radius 1 is 1.23 bits per heavy atom. The van der Waals surface area contributed by atoms with Gasteiger partial charge in [0.2, 0.25) is 0 Å². The molecular formula is C19H21N5O2. The highest BCUT2D eigenvalue weighted by molar-refractivity contribution is 5.90. The third kappa shape index (κ3) is 4.18. The quantitative estimate of drug-likeness (QED) is 0.714. The third-order valence-corrected chi connectivity index (χ3v) is 3.80. The average Bonchev–Trinajstić information content (AvgIpc) is 3.08. The van der Waals surface area contributed by atoms with Crippen molar-refractivity contribution >= 4 is 11.7 Å². The van der Waals surface area contributed by atoms with Crippen molar-refractivity contribution in [1.82, 2.24) is 20.1 Å². The van der Waals surface area contributed by atoms with Gasteiger partial charge in [-0.3, -0.25) is 9.67 Å². The molecule has 0 spiro atoms. The number of anilines is 1. The number of pyridine rings is 1. The molecule has 7 nitrogen and oxygen atoms in total. The predicted molar refractivity (Wildman–Crippen MR) is 99.9 cm³/mol. The van der Waals surface area contributed by atoms with Crippen molar-refractivity contribution in [3.05, 3.63) is 60.6 Å². The highest BCUT2D eigenvalue weighted by Gasteiger charge is 2.08. The Bertz CT molecular complexity index is 891. The van der Waals surface area contributed by atoms with Crippen LogP contribution in [0.4, 0.5) is 10.5 Å². The number of benzene rings is 1. The maximum absolute atomic E-state index is 12.2. The average molecular weight is 351 g/mol. The van der Waals surface area contributed by atoms with E-state index in [1.54, 1.807) is 29.3 Å². The molecule has 0 aliphatic heterocycles. The maximum atomic E-state index is 12.2. The van der Waals surface area contributed by atoms with E-state index in [2.05, 4.69) is 20.7 Å². The zero-order valence-electron chi connectivity index (χ0n) is 14.8. The zero-order valence-corrected chi connectivity index (χ0v) is 14.8. The van der Waals surface area contributed by atoms with Crippen molar-refractivity contribution in [2.24, 2.45) is 7.05 Å². The maximum Gasteiger partial charge on any atom is 0.319 e. The normalized spacial score (nSPS) is 10.4. The van der Waals surface area contributed by atoms with E-state index in [1.165, 1.54) is 0 Å². The topological polar surface area (TPSA) is 81.1 Å². The van der Waals surface area contributed by atoms with E-state index in [9.17, 15) is 4.79 Å². The van der Waals surface area contributed by atoms with E-state index in [1.807, 2.05) is 44.3 Å². The number of carbonyl (C=O) groups is 1. The SMILES string of the molecule is CCOc1ccccc1NC(=O)NCc1cncc(-c2ccnn2C)c1. The molecule has 0 saturated carbocycles. The van der Waals surface area contributed by atoms with Crippen molar-refractivity contribution in [3.8, 4) is 17.0 Å². The largest absolute Gasteiger partial charge is 0.492 e. The number of urea groups is 1. The second-order valence-electron chi connectivity index (χ2n) is 5.66. The van der Waals surface area contributed by atoms with Crippen molar-refractivity contribution in [2.45, 2.75) is 13.5 Å². The molecule has 2 N–H and O–H groups in total. The number of hydrogen-bond donors (Lipinski definition) is 2. The summed E-state index contributed by atoms with van der Waals surface area (Å²) in [6.45, 7) is 2.80. The number of rotatable bonds is 6. The minimum atomic E-state index is -0.303.